The third-order valence-corrected chi connectivity index (χ3v) is 3.91. The summed E-state index contributed by atoms with van der Waals surface area (Å²) in [4.78, 5) is 8.34. The molecule has 3 rings (SSSR count). The lowest BCUT2D eigenvalue weighted by Gasteiger charge is -2.13. The van der Waals surface area contributed by atoms with E-state index in [2.05, 4.69) is 20.6 Å². The third kappa shape index (κ3) is 4.16. The van der Waals surface area contributed by atoms with Crippen molar-refractivity contribution in [1.29, 1.82) is 0 Å². The number of methoxy groups -OCH3 is 1. The number of benzene rings is 2. The SMILES string of the molecule is COc1cc(Cl)c(C)cc1Nc1cc(Nc2cccc(F)c2)ncn1. The van der Waals surface area contributed by atoms with Crippen molar-refractivity contribution in [2.45, 2.75) is 6.92 Å². The van der Waals surface area contributed by atoms with Gasteiger partial charge in [-0.2, -0.15) is 0 Å². The predicted molar refractivity (Wildman–Crippen MR) is 97.7 cm³/mol. The molecule has 0 saturated heterocycles. The van der Waals surface area contributed by atoms with E-state index in [1.807, 2.05) is 13.0 Å². The number of nitrogens with zero attached hydrogens (tertiary/aromatic N) is 2. The molecule has 3 aromatic rings. The fraction of sp³-hybridized carbons (Fsp3) is 0.111. The Balaban J connectivity index is 1.84. The fourth-order valence-electron chi connectivity index (χ4n) is 2.28. The number of aryl methyl sites for hydroxylation is 1. The lowest BCUT2D eigenvalue weighted by atomic mass is 10.2. The number of nitrogens with one attached hydrogen (secondary N) is 2. The first kappa shape index (κ1) is 17.0. The van der Waals surface area contributed by atoms with Crippen molar-refractivity contribution in [1.82, 2.24) is 9.97 Å². The second-order valence-electron chi connectivity index (χ2n) is 5.35. The van der Waals surface area contributed by atoms with Crippen LogP contribution >= 0.6 is 11.6 Å². The van der Waals surface area contributed by atoms with E-state index in [1.54, 1.807) is 31.4 Å². The van der Waals surface area contributed by atoms with Gasteiger partial charge in [0.2, 0.25) is 0 Å². The molecule has 0 unspecified atom stereocenters. The van der Waals surface area contributed by atoms with Gasteiger partial charge in [0.25, 0.3) is 0 Å². The molecule has 0 fully saturated rings. The fourth-order valence-corrected chi connectivity index (χ4v) is 2.43. The van der Waals surface area contributed by atoms with E-state index in [0.29, 0.717) is 28.1 Å². The zero-order chi connectivity index (χ0) is 17.8. The number of hydrogen-bond donors (Lipinski definition) is 2. The Labute approximate surface area is 149 Å². The summed E-state index contributed by atoms with van der Waals surface area (Å²) in [7, 11) is 1.57. The van der Waals surface area contributed by atoms with E-state index in [1.165, 1.54) is 18.5 Å². The molecule has 0 atom stereocenters. The van der Waals surface area contributed by atoms with Gasteiger partial charge < -0.3 is 15.4 Å². The molecule has 0 aliphatic rings. The Kier molecular flexibility index (Phi) is 5.00. The molecule has 0 aliphatic carbocycles. The molecular weight excluding hydrogens is 343 g/mol. The van der Waals surface area contributed by atoms with Gasteiger partial charge in [0.1, 0.15) is 29.5 Å². The van der Waals surface area contributed by atoms with Crippen molar-refractivity contribution in [2.75, 3.05) is 17.7 Å². The van der Waals surface area contributed by atoms with E-state index in [9.17, 15) is 4.39 Å². The monoisotopic (exact) mass is 358 g/mol. The third-order valence-electron chi connectivity index (χ3n) is 3.51. The van der Waals surface area contributed by atoms with Crippen LogP contribution in [0.4, 0.5) is 27.4 Å². The summed E-state index contributed by atoms with van der Waals surface area (Å²) in [6.45, 7) is 1.91. The molecule has 0 saturated carbocycles. The first-order chi connectivity index (χ1) is 12.0. The quantitative estimate of drug-likeness (QED) is 0.666. The maximum Gasteiger partial charge on any atom is 0.143 e. The van der Waals surface area contributed by atoms with Gasteiger partial charge in [-0.1, -0.05) is 17.7 Å². The van der Waals surface area contributed by atoms with Gasteiger partial charge in [0.05, 0.1) is 12.8 Å². The molecule has 0 aliphatic heterocycles. The molecule has 128 valence electrons. The summed E-state index contributed by atoms with van der Waals surface area (Å²) in [5.41, 5.74) is 2.25. The molecule has 1 aromatic heterocycles. The number of ether oxygens (including phenoxy) is 1. The molecule has 0 spiro atoms. The summed E-state index contributed by atoms with van der Waals surface area (Å²) in [5, 5.41) is 6.84. The number of aromatic nitrogens is 2. The van der Waals surface area contributed by atoms with E-state index in [-0.39, 0.29) is 5.82 Å². The van der Waals surface area contributed by atoms with Crippen LogP contribution in [0.15, 0.2) is 48.8 Å². The van der Waals surface area contributed by atoms with Crippen molar-refractivity contribution in [3.05, 3.63) is 65.2 Å². The molecule has 2 N–H and O–H groups in total. The van der Waals surface area contributed by atoms with E-state index in [0.717, 1.165) is 11.3 Å². The molecule has 25 heavy (non-hydrogen) atoms. The summed E-state index contributed by atoms with van der Waals surface area (Å²) in [5.74, 6) is 1.38. The van der Waals surface area contributed by atoms with E-state index < -0.39 is 0 Å². The van der Waals surface area contributed by atoms with Crippen molar-refractivity contribution < 1.29 is 9.13 Å². The highest BCUT2D eigenvalue weighted by atomic mass is 35.5. The Bertz CT molecular complexity index is 904. The van der Waals surface area contributed by atoms with Crippen LogP contribution in [0.2, 0.25) is 5.02 Å². The standard InChI is InChI=1S/C18H16ClFN4O/c1-11-6-15(16(25-2)8-14(11)19)24-18-9-17(21-10-22-18)23-13-5-3-4-12(20)7-13/h3-10H,1-2H3,(H2,21,22,23,24). The molecule has 0 radical (unpaired) electrons. The van der Waals surface area contributed by atoms with Gasteiger partial charge in [-0.25, -0.2) is 14.4 Å². The molecule has 1 heterocycles. The van der Waals surface area contributed by atoms with Crippen molar-refractivity contribution in [2.24, 2.45) is 0 Å². The maximum absolute atomic E-state index is 13.3. The molecule has 0 amide bonds. The molecule has 2 aromatic carbocycles. The summed E-state index contributed by atoms with van der Waals surface area (Å²) >= 11 is 6.12. The minimum Gasteiger partial charge on any atom is -0.495 e. The van der Waals surface area contributed by atoms with Crippen LogP contribution in [-0.2, 0) is 0 Å². The average molecular weight is 359 g/mol. The first-order valence-electron chi connectivity index (χ1n) is 7.51. The second-order valence-corrected chi connectivity index (χ2v) is 5.76. The molecule has 0 bridgehead atoms. The van der Waals surface area contributed by atoms with E-state index >= 15 is 0 Å². The van der Waals surface area contributed by atoms with Gasteiger partial charge >= 0.3 is 0 Å². The van der Waals surface area contributed by atoms with Crippen molar-refractivity contribution in [3.63, 3.8) is 0 Å². The highest BCUT2D eigenvalue weighted by Gasteiger charge is 2.09. The smallest absolute Gasteiger partial charge is 0.143 e. The Morgan fingerprint density at radius 2 is 1.80 bits per heavy atom. The van der Waals surface area contributed by atoms with Gasteiger partial charge in [-0.05, 0) is 36.8 Å². The predicted octanol–water partition coefficient (Wildman–Crippen LogP) is 5.07. The number of halogens is 2. The average Bonchev–Trinajstić information content (AvgIpc) is 2.58. The minimum atomic E-state index is -0.321. The van der Waals surface area contributed by atoms with Crippen LogP contribution in [-0.4, -0.2) is 17.1 Å². The zero-order valence-corrected chi connectivity index (χ0v) is 14.4. The molecule has 7 heteroatoms. The van der Waals surface area contributed by atoms with Gasteiger partial charge in [0.15, 0.2) is 0 Å². The normalized spacial score (nSPS) is 10.4. The molecular formula is C18H16ClFN4O. The van der Waals surface area contributed by atoms with Crippen LogP contribution in [0.5, 0.6) is 5.75 Å². The van der Waals surface area contributed by atoms with Crippen LogP contribution in [0.3, 0.4) is 0 Å². The minimum absolute atomic E-state index is 0.321. The van der Waals surface area contributed by atoms with Gasteiger partial charge in [-0.15, -0.1) is 0 Å². The summed E-state index contributed by atoms with van der Waals surface area (Å²) < 4.78 is 18.6. The highest BCUT2D eigenvalue weighted by Crippen LogP contribution is 2.33. The first-order valence-corrected chi connectivity index (χ1v) is 7.89. The van der Waals surface area contributed by atoms with Crippen LogP contribution in [0, 0.1) is 12.7 Å². The van der Waals surface area contributed by atoms with E-state index in [4.69, 9.17) is 16.3 Å². The van der Waals surface area contributed by atoms with Crippen molar-refractivity contribution in [3.8, 4) is 5.75 Å². The van der Waals surface area contributed by atoms with Crippen LogP contribution in [0.1, 0.15) is 5.56 Å². The maximum atomic E-state index is 13.3. The lowest BCUT2D eigenvalue weighted by molar-refractivity contribution is 0.416. The summed E-state index contributed by atoms with van der Waals surface area (Å²) in [6, 6.07) is 11.5. The lowest BCUT2D eigenvalue weighted by Crippen LogP contribution is -2.00. The van der Waals surface area contributed by atoms with Crippen LogP contribution in [0.25, 0.3) is 0 Å². The number of rotatable bonds is 5. The Morgan fingerprint density at radius 3 is 2.52 bits per heavy atom. The van der Waals surface area contributed by atoms with Gasteiger partial charge in [-0.3, -0.25) is 0 Å². The Morgan fingerprint density at radius 1 is 1.04 bits per heavy atom. The van der Waals surface area contributed by atoms with Gasteiger partial charge in [0, 0.05) is 22.8 Å². The number of anilines is 4. The number of hydrogen-bond acceptors (Lipinski definition) is 5. The molecule has 5 nitrogen and oxygen atoms in total. The summed E-state index contributed by atoms with van der Waals surface area (Å²) in [6.07, 6.45) is 1.42. The topological polar surface area (TPSA) is 59.1 Å². The zero-order valence-electron chi connectivity index (χ0n) is 13.7. The largest absolute Gasteiger partial charge is 0.495 e. The Hall–Kier alpha value is -2.86. The second kappa shape index (κ2) is 7.36. The van der Waals surface area contributed by atoms with Crippen LogP contribution < -0.4 is 15.4 Å². The van der Waals surface area contributed by atoms with Crippen molar-refractivity contribution >= 4 is 34.6 Å². The highest BCUT2D eigenvalue weighted by molar-refractivity contribution is 6.31.